The number of carbonyl (C=O) groups excluding carboxylic acids is 1. The van der Waals surface area contributed by atoms with Crippen molar-refractivity contribution < 1.29 is 18.3 Å². The number of halogens is 3. The molecule has 3 aliphatic carbocycles. The van der Waals surface area contributed by atoms with E-state index in [4.69, 9.17) is 16.3 Å². The maximum atomic E-state index is 13.7. The summed E-state index contributed by atoms with van der Waals surface area (Å²) in [5.74, 6) is -0.766. The van der Waals surface area contributed by atoms with Crippen LogP contribution in [0.25, 0.3) is 0 Å². The number of carbonyl (C=O) groups is 1. The molecular weight excluding hydrogens is 414 g/mol. The predicted octanol–water partition coefficient (Wildman–Crippen LogP) is 4.16. The first-order valence-electron chi connectivity index (χ1n) is 9.86. The molecule has 1 amide bonds. The topological polar surface area (TPSA) is 67.7 Å². The Balaban J connectivity index is 1.26. The first-order valence-corrected chi connectivity index (χ1v) is 10.2. The normalized spacial score (nSPS) is 29.2. The van der Waals surface area contributed by atoms with Crippen molar-refractivity contribution in [1.82, 2.24) is 15.0 Å². The van der Waals surface area contributed by atoms with Gasteiger partial charge in [-0.1, -0.05) is 11.6 Å². The first-order chi connectivity index (χ1) is 14.4. The maximum Gasteiger partial charge on any atom is 0.316 e. The monoisotopic (exact) mass is 432 g/mol. The number of benzene rings is 1. The molecule has 1 aliphatic heterocycles. The van der Waals surface area contributed by atoms with Crippen molar-refractivity contribution >= 4 is 23.7 Å². The molecule has 156 valence electrons. The highest BCUT2D eigenvalue weighted by molar-refractivity contribution is 6.30. The second-order valence-electron chi connectivity index (χ2n) is 8.31. The molecule has 0 N–H and O–H groups in total. The van der Waals surface area contributed by atoms with Crippen LogP contribution < -0.4 is 4.74 Å². The van der Waals surface area contributed by atoms with Crippen LogP contribution in [0, 0.1) is 28.9 Å². The highest BCUT2D eigenvalue weighted by atomic mass is 35.5. The van der Waals surface area contributed by atoms with Gasteiger partial charge in [0.25, 0.3) is 0 Å². The van der Waals surface area contributed by atoms with Crippen LogP contribution in [0.1, 0.15) is 37.3 Å². The predicted molar refractivity (Wildman–Crippen MR) is 105 cm³/mol. The van der Waals surface area contributed by atoms with Crippen molar-refractivity contribution in [1.29, 1.82) is 0 Å². The van der Waals surface area contributed by atoms with E-state index in [1.807, 2.05) is 0 Å². The van der Waals surface area contributed by atoms with Crippen LogP contribution in [-0.2, 0) is 4.79 Å². The molecule has 1 aromatic heterocycles. The zero-order chi connectivity index (χ0) is 20.9. The zero-order valence-electron chi connectivity index (χ0n) is 16.0. The van der Waals surface area contributed by atoms with E-state index in [2.05, 4.69) is 15.1 Å². The van der Waals surface area contributed by atoms with E-state index in [-0.39, 0.29) is 17.8 Å². The van der Waals surface area contributed by atoms with Crippen molar-refractivity contribution in [3.63, 3.8) is 0 Å². The van der Waals surface area contributed by atoms with E-state index in [1.165, 1.54) is 29.5 Å². The molecule has 2 heterocycles. The summed E-state index contributed by atoms with van der Waals surface area (Å²) in [6, 6.07) is 3.14. The molecule has 0 radical (unpaired) electrons. The Hall–Kier alpha value is -2.61. The van der Waals surface area contributed by atoms with Crippen LogP contribution in [0.4, 0.5) is 8.78 Å². The molecule has 30 heavy (non-hydrogen) atoms. The Morgan fingerprint density at radius 3 is 2.57 bits per heavy atom. The lowest BCUT2D eigenvalue weighted by Gasteiger charge is -2.40. The second-order valence-corrected chi connectivity index (χ2v) is 8.75. The summed E-state index contributed by atoms with van der Waals surface area (Å²) in [7, 11) is 0. The number of hydrazone groups is 1. The second kappa shape index (κ2) is 7.27. The molecule has 4 aliphatic rings. The van der Waals surface area contributed by atoms with Crippen molar-refractivity contribution in [2.45, 2.75) is 31.7 Å². The fourth-order valence-corrected chi connectivity index (χ4v) is 5.12. The Labute approximate surface area is 176 Å². The standard InChI is InChI=1S/C21H19ClF2N4O2/c22-15-9-25-20(26-10-15)30-11-14-8-21(6-13(14)7-21)19(29)28-18(1-2-27-28)12-3-16(23)5-17(24)4-12/h2-5,9-10,13-14,18H,1,6-8,11H2/t13?,14-,18?,21?/m0/s1. The Bertz CT molecular complexity index is 990. The summed E-state index contributed by atoms with van der Waals surface area (Å²) in [6.07, 6.45) is 7.27. The van der Waals surface area contributed by atoms with Gasteiger partial charge in [-0.05, 0) is 48.8 Å². The van der Waals surface area contributed by atoms with Gasteiger partial charge in [-0.25, -0.2) is 23.8 Å². The third kappa shape index (κ3) is 3.33. The van der Waals surface area contributed by atoms with Crippen LogP contribution in [0.3, 0.4) is 0 Å². The lowest BCUT2D eigenvalue weighted by Crippen LogP contribution is -2.45. The Kier molecular flexibility index (Phi) is 4.69. The zero-order valence-corrected chi connectivity index (χ0v) is 16.7. The molecular formula is C21H19ClF2N4O2. The van der Waals surface area contributed by atoms with Crippen LogP contribution in [0.15, 0.2) is 35.7 Å². The summed E-state index contributed by atoms with van der Waals surface area (Å²) in [5, 5.41) is 6.10. The van der Waals surface area contributed by atoms with E-state index < -0.39 is 23.1 Å². The van der Waals surface area contributed by atoms with Gasteiger partial charge in [-0.3, -0.25) is 4.79 Å². The molecule has 1 unspecified atom stereocenters. The first kappa shape index (κ1) is 19.4. The van der Waals surface area contributed by atoms with E-state index in [0.29, 0.717) is 36.0 Å². The summed E-state index contributed by atoms with van der Waals surface area (Å²) in [6.45, 7) is 0.434. The van der Waals surface area contributed by atoms with Crippen molar-refractivity contribution in [2.75, 3.05) is 6.61 Å². The fourth-order valence-electron chi connectivity index (χ4n) is 5.02. The minimum Gasteiger partial charge on any atom is -0.463 e. The molecule has 2 atom stereocenters. The largest absolute Gasteiger partial charge is 0.463 e. The van der Waals surface area contributed by atoms with Gasteiger partial charge in [0.1, 0.15) is 11.6 Å². The van der Waals surface area contributed by atoms with Gasteiger partial charge in [-0.2, -0.15) is 5.10 Å². The number of hydrogen-bond donors (Lipinski definition) is 0. The van der Waals surface area contributed by atoms with Gasteiger partial charge in [0, 0.05) is 18.7 Å². The minimum atomic E-state index is -0.659. The van der Waals surface area contributed by atoms with Crippen LogP contribution >= 0.6 is 11.6 Å². The average Bonchev–Trinajstić information content (AvgIpc) is 3.39. The lowest BCUT2D eigenvalue weighted by atomic mass is 9.68. The molecule has 6 nitrogen and oxygen atoms in total. The molecule has 0 saturated heterocycles. The summed E-state index contributed by atoms with van der Waals surface area (Å²) >= 11 is 5.78. The number of rotatable bonds is 5. The average molecular weight is 433 g/mol. The van der Waals surface area contributed by atoms with Gasteiger partial charge >= 0.3 is 6.01 Å². The van der Waals surface area contributed by atoms with Gasteiger partial charge in [0.2, 0.25) is 5.91 Å². The van der Waals surface area contributed by atoms with Crippen molar-refractivity contribution in [3.8, 4) is 6.01 Å². The summed E-state index contributed by atoms with van der Waals surface area (Å²) < 4.78 is 33.0. The SMILES string of the molecule is O=C(N1N=CCC1c1cc(F)cc(F)c1)C12CC(C1)[C@H](COc1ncc(Cl)cn1)C2. The number of fused-ring (bicyclic) bond motifs is 1. The minimum absolute atomic E-state index is 0.0765. The molecule has 2 aromatic rings. The smallest absolute Gasteiger partial charge is 0.316 e. The number of amides is 1. The molecule has 0 spiro atoms. The highest BCUT2D eigenvalue weighted by Gasteiger charge is 2.62. The molecule has 3 fully saturated rings. The van der Waals surface area contributed by atoms with Gasteiger partial charge in [0.05, 0.1) is 35.5 Å². The Morgan fingerprint density at radius 2 is 1.87 bits per heavy atom. The Morgan fingerprint density at radius 1 is 1.17 bits per heavy atom. The van der Waals surface area contributed by atoms with Gasteiger partial charge in [0.15, 0.2) is 0 Å². The van der Waals surface area contributed by atoms with E-state index >= 15 is 0 Å². The van der Waals surface area contributed by atoms with E-state index in [9.17, 15) is 13.6 Å². The van der Waals surface area contributed by atoms with E-state index in [0.717, 1.165) is 18.9 Å². The third-order valence-electron chi connectivity index (χ3n) is 6.41. The van der Waals surface area contributed by atoms with Crippen LogP contribution in [0.5, 0.6) is 6.01 Å². The van der Waals surface area contributed by atoms with Crippen LogP contribution in [0.2, 0.25) is 5.02 Å². The van der Waals surface area contributed by atoms with E-state index in [1.54, 1.807) is 6.21 Å². The molecule has 1 aromatic carbocycles. The molecule has 2 bridgehead atoms. The molecule has 9 heteroatoms. The fraction of sp³-hybridized carbons (Fsp3) is 0.429. The summed E-state index contributed by atoms with van der Waals surface area (Å²) in [5.41, 5.74) is -0.0610. The number of ether oxygens (including phenoxy) is 1. The highest BCUT2D eigenvalue weighted by Crippen LogP contribution is 2.63. The number of nitrogens with zero attached hydrogens (tertiary/aromatic N) is 4. The van der Waals surface area contributed by atoms with Gasteiger partial charge in [-0.15, -0.1) is 0 Å². The van der Waals surface area contributed by atoms with Crippen LogP contribution in [-0.4, -0.2) is 33.7 Å². The molecule has 6 rings (SSSR count). The number of aromatic nitrogens is 2. The quantitative estimate of drug-likeness (QED) is 0.711. The number of hydrogen-bond acceptors (Lipinski definition) is 5. The van der Waals surface area contributed by atoms with Gasteiger partial charge < -0.3 is 4.74 Å². The molecule has 3 saturated carbocycles. The third-order valence-corrected chi connectivity index (χ3v) is 6.61. The maximum absolute atomic E-state index is 13.7. The summed E-state index contributed by atoms with van der Waals surface area (Å²) in [4.78, 5) is 21.4. The van der Waals surface area contributed by atoms with Crippen molar-refractivity contribution in [2.24, 2.45) is 22.4 Å². The van der Waals surface area contributed by atoms with Crippen molar-refractivity contribution in [3.05, 3.63) is 52.8 Å². The lowest BCUT2D eigenvalue weighted by molar-refractivity contribution is -0.148.